The van der Waals surface area contributed by atoms with Gasteiger partial charge in [0.2, 0.25) is 0 Å². The van der Waals surface area contributed by atoms with Crippen molar-refractivity contribution in [2.75, 3.05) is 32.8 Å². The number of rotatable bonds is 7. The zero-order valence-electron chi connectivity index (χ0n) is 16.8. The molecule has 1 aromatic heterocycles. The molecule has 0 saturated carbocycles. The molecule has 1 saturated heterocycles. The summed E-state index contributed by atoms with van der Waals surface area (Å²) in [6.07, 6.45) is 2.66. The summed E-state index contributed by atoms with van der Waals surface area (Å²) in [5.74, 6) is -0.379. The van der Waals surface area contributed by atoms with E-state index < -0.39 is 4.92 Å². The lowest BCUT2D eigenvalue weighted by atomic mass is 10.0. The van der Waals surface area contributed by atoms with Crippen molar-refractivity contribution < 1.29 is 14.5 Å². The Labute approximate surface area is 178 Å². The lowest BCUT2D eigenvalue weighted by molar-refractivity contribution is -0.384. The summed E-state index contributed by atoms with van der Waals surface area (Å²) in [5.41, 5.74) is 1.20. The summed E-state index contributed by atoms with van der Waals surface area (Å²) >= 11 is 0. The van der Waals surface area contributed by atoms with Gasteiger partial charge in [-0.05, 0) is 17.7 Å². The van der Waals surface area contributed by atoms with Crippen molar-refractivity contribution in [1.29, 1.82) is 0 Å². The SMILES string of the molecule is O=C(NC(CN1CCOCC1)c1ccccc1)c1ccc(-n2cncn2)c([N+](=O)[O-])c1. The van der Waals surface area contributed by atoms with Crippen LogP contribution >= 0.6 is 0 Å². The Kier molecular flexibility index (Phi) is 6.29. The fourth-order valence-corrected chi connectivity index (χ4v) is 3.54. The number of amides is 1. The maximum Gasteiger partial charge on any atom is 0.295 e. The van der Waals surface area contributed by atoms with E-state index in [0.29, 0.717) is 19.8 Å². The molecule has 1 N–H and O–H groups in total. The molecule has 160 valence electrons. The number of ether oxygens (including phenoxy) is 1. The smallest absolute Gasteiger partial charge is 0.295 e. The van der Waals surface area contributed by atoms with Crippen molar-refractivity contribution in [3.05, 3.63) is 82.4 Å². The zero-order chi connectivity index (χ0) is 21.6. The van der Waals surface area contributed by atoms with Crippen molar-refractivity contribution in [2.45, 2.75) is 6.04 Å². The Bertz CT molecular complexity index is 1040. The van der Waals surface area contributed by atoms with E-state index in [4.69, 9.17) is 4.74 Å². The molecule has 2 aromatic carbocycles. The highest BCUT2D eigenvalue weighted by atomic mass is 16.6. The summed E-state index contributed by atoms with van der Waals surface area (Å²) in [6, 6.07) is 13.7. The standard InChI is InChI=1S/C21H22N6O4/c28-21(17-6-7-19(20(12-17)27(29)30)26-15-22-14-23-26)24-18(16-4-2-1-3-5-16)13-25-8-10-31-11-9-25/h1-7,12,14-15,18H,8-11,13H2,(H,24,28). The molecule has 1 amide bonds. The van der Waals surface area contributed by atoms with E-state index in [1.54, 1.807) is 6.07 Å². The van der Waals surface area contributed by atoms with Crippen LogP contribution < -0.4 is 5.32 Å². The topological polar surface area (TPSA) is 115 Å². The van der Waals surface area contributed by atoms with Crippen molar-refractivity contribution in [2.24, 2.45) is 0 Å². The minimum Gasteiger partial charge on any atom is -0.379 e. The van der Waals surface area contributed by atoms with Crippen LogP contribution in [0.1, 0.15) is 22.0 Å². The summed E-state index contributed by atoms with van der Waals surface area (Å²) in [6.45, 7) is 3.52. The van der Waals surface area contributed by atoms with Crippen LogP contribution in [-0.2, 0) is 4.74 Å². The Morgan fingerprint density at radius 1 is 1.19 bits per heavy atom. The van der Waals surface area contributed by atoms with Crippen LogP contribution in [0.25, 0.3) is 5.69 Å². The second-order valence-corrected chi connectivity index (χ2v) is 7.15. The first kappa shape index (κ1) is 20.6. The van der Waals surface area contributed by atoms with Gasteiger partial charge in [0.1, 0.15) is 18.3 Å². The average molecular weight is 422 g/mol. The predicted octanol–water partition coefficient (Wildman–Crippen LogP) is 1.98. The Hall–Kier alpha value is -3.63. The molecule has 0 aliphatic carbocycles. The van der Waals surface area contributed by atoms with E-state index in [1.165, 1.54) is 29.5 Å². The number of benzene rings is 2. The van der Waals surface area contributed by atoms with Gasteiger partial charge in [-0.15, -0.1) is 0 Å². The van der Waals surface area contributed by atoms with Crippen LogP contribution in [-0.4, -0.2) is 63.3 Å². The molecule has 1 aliphatic heterocycles. The molecule has 10 heteroatoms. The number of nitrogens with one attached hydrogen (secondary N) is 1. The van der Waals surface area contributed by atoms with Gasteiger partial charge in [0, 0.05) is 31.3 Å². The highest BCUT2D eigenvalue weighted by molar-refractivity contribution is 5.95. The predicted molar refractivity (Wildman–Crippen MR) is 112 cm³/mol. The van der Waals surface area contributed by atoms with E-state index in [1.807, 2.05) is 30.3 Å². The number of nitro benzene ring substituents is 1. The highest BCUT2D eigenvalue weighted by Gasteiger charge is 2.23. The Morgan fingerprint density at radius 2 is 1.97 bits per heavy atom. The quantitative estimate of drug-likeness (QED) is 0.457. The third-order valence-corrected chi connectivity index (χ3v) is 5.15. The molecule has 1 atom stereocenters. The molecule has 1 fully saturated rings. The summed E-state index contributed by atoms with van der Waals surface area (Å²) < 4.78 is 6.71. The van der Waals surface area contributed by atoms with Crippen molar-refractivity contribution in [1.82, 2.24) is 25.0 Å². The summed E-state index contributed by atoms with van der Waals surface area (Å²) in [5, 5.41) is 18.6. The number of carbonyl (C=O) groups is 1. The van der Waals surface area contributed by atoms with Gasteiger partial charge in [0.05, 0.1) is 24.2 Å². The second-order valence-electron chi connectivity index (χ2n) is 7.15. The molecular formula is C21H22N6O4. The van der Waals surface area contributed by atoms with Gasteiger partial charge in [-0.25, -0.2) is 9.67 Å². The minimum absolute atomic E-state index is 0.207. The molecule has 31 heavy (non-hydrogen) atoms. The van der Waals surface area contributed by atoms with Crippen LogP contribution in [0.15, 0.2) is 61.2 Å². The van der Waals surface area contributed by atoms with E-state index in [2.05, 4.69) is 20.3 Å². The first-order chi connectivity index (χ1) is 15.1. The Morgan fingerprint density at radius 3 is 2.65 bits per heavy atom. The molecule has 1 aliphatic rings. The number of aromatic nitrogens is 3. The number of morpholine rings is 1. The van der Waals surface area contributed by atoms with E-state index >= 15 is 0 Å². The van der Waals surface area contributed by atoms with Crippen LogP contribution in [0, 0.1) is 10.1 Å². The molecule has 0 bridgehead atoms. The van der Waals surface area contributed by atoms with Gasteiger partial charge < -0.3 is 10.1 Å². The van der Waals surface area contributed by atoms with Gasteiger partial charge in [-0.2, -0.15) is 5.10 Å². The fourth-order valence-electron chi connectivity index (χ4n) is 3.54. The Balaban J connectivity index is 1.57. The van der Waals surface area contributed by atoms with Crippen LogP contribution in [0.3, 0.4) is 0 Å². The maximum absolute atomic E-state index is 13.0. The van der Waals surface area contributed by atoms with Crippen LogP contribution in [0.5, 0.6) is 0 Å². The lowest BCUT2D eigenvalue weighted by Gasteiger charge is -2.31. The molecular weight excluding hydrogens is 400 g/mol. The van der Waals surface area contributed by atoms with Crippen molar-refractivity contribution in [3.63, 3.8) is 0 Å². The number of hydrogen-bond donors (Lipinski definition) is 1. The molecule has 3 aromatic rings. The monoisotopic (exact) mass is 422 g/mol. The van der Waals surface area contributed by atoms with Gasteiger partial charge in [0.25, 0.3) is 11.6 Å². The number of carbonyl (C=O) groups excluding carboxylic acids is 1. The molecule has 1 unspecified atom stereocenters. The highest BCUT2D eigenvalue weighted by Crippen LogP contribution is 2.24. The average Bonchev–Trinajstić information content (AvgIpc) is 3.34. The first-order valence-electron chi connectivity index (χ1n) is 9.91. The molecule has 10 nitrogen and oxygen atoms in total. The third kappa shape index (κ3) is 4.93. The van der Waals surface area contributed by atoms with Gasteiger partial charge in [-0.3, -0.25) is 19.8 Å². The number of nitrogens with zero attached hydrogens (tertiary/aromatic N) is 5. The first-order valence-corrected chi connectivity index (χ1v) is 9.91. The number of hydrogen-bond acceptors (Lipinski definition) is 7. The van der Waals surface area contributed by atoms with Gasteiger partial charge >= 0.3 is 0 Å². The summed E-state index contributed by atoms with van der Waals surface area (Å²) in [4.78, 5) is 30.1. The van der Waals surface area contributed by atoms with Crippen LogP contribution in [0.2, 0.25) is 0 Å². The van der Waals surface area contributed by atoms with Gasteiger partial charge in [0.15, 0.2) is 0 Å². The van der Waals surface area contributed by atoms with Crippen molar-refractivity contribution in [3.8, 4) is 5.69 Å². The van der Waals surface area contributed by atoms with E-state index in [0.717, 1.165) is 18.7 Å². The molecule has 0 radical (unpaired) electrons. The van der Waals surface area contributed by atoms with E-state index in [-0.39, 0.29) is 28.9 Å². The van der Waals surface area contributed by atoms with Gasteiger partial charge in [-0.1, -0.05) is 30.3 Å². The molecule has 4 rings (SSSR count). The largest absolute Gasteiger partial charge is 0.379 e. The van der Waals surface area contributed by atoms with Crippen molar-refractivity contribution >= 4 is 11.6 Å². The second kappa shape index (κ2) is 9.45. The normalized spacial score (nSPS) is 15.4. The summed E-state index contributed by atoms with van der Waals surface area (Å²) in [7, 11) is 0. The minimum atomic E-state index is -0.532. The fraction of sp³-hybridized carbons (Fsp3) is 0.286. The van der Waals surface area contributed by atoms with Crippen LogP contribution in [0.4, 0.5) is 5.69 Å². The molecule has 0 spiro atoms. The lowest BCUT2D eigenvalue weighted by Crippen LogP contribution is -2.43. The zero-order valence-corrected chi connectivity index (χ0v) is 16.8. The number of nitro groups is 1. The van der Waals surface area contributed by atoms with E-state index in [9.17, 15) is 14.9 Å². The maximum atomic E-state index is 13.0. The third-order valence-electron chi connectivity index (χ3n) is 5.15. The molecule has 2 heterocycles.